The van der Waals surface area contributed by atoms with Gasteiger partial charge >= 0.3 is 0 Å². The molecule has 4 nitrogen and oxygen atoms in total. The molecule has 0 fully saturated rings. The van der Waals surface area contributed by atoms with Gasteiger partial charge in [0.15, 0.2) is 5.58 Å². The van der Waals surface area contributed by atoms with Crippen LogP contribution >= 0.6 is 0 Å². The standard InChI is InChI=1S/C13H11N3O/c14-7-9-3-4-12-11(6-9)16-13(17-12)10-2-1-5-15-8-10/h1-6,8H,7,14H2. The van der Waals surface area contributed by atoms with E-state index in [1.165, 1.54) is 0 Å². The van der Waals surface area contributed by atoms with Gasteiger partial charge in [-0.1, -0.05) is 6.07 Å². The van der Waals surface area contributed by atoms with Crippen LogP contribution in [0, 0.1) is 0 Å². The van der Waals surface area contributed by atoms with Crippen molar-refractivity contribution in [2.45, 2.75) is 6.54 Å². The maximum Gasteiger partial charge on any atom is 0.228 e. The molecule has 2 heterocycles. The van der Waals surface area contributed by atoms with Crippen molar-refractivity contribution < 1.29 is 4.42 Å². The largest absolute Gasteiger partial charge is 0.436 e. The Labute approximate surface area is 98.1 Å². The Morgan fingerprint density at radius 1 is 1.24 bits per heavy atom. The lowest BCUT2D eigenvalue weighted by molar-refractivity contribution is 0.619. The third kappa shape index (κ3) is 1.79. The van der Waals surface area contributed by atoms with Gasteiger partial charge in [-0.25, -0.2) is 4.98 Å². The first-order valence-corrected chi connectivity index (χ1v) is 5.37. The van der Waals surface area contributed by atoms with E-state index < -0.39 is 0 Å². The molecule has 0 spiro atoms. The Morgan fingerprint density at radius 3 is 2.94 bits per heavy atom. The molecular formula is C13H11N3O. The molecule has 0 saturated heterocycles. The van der Waals surface area contributed by atoms with E-state index in [2.05, 4.69) is 9.97 Å². The summed E-state index contributed by atoms with van der Waals surface area (Å²) in [6.07, 6.45) is 3.45. The lowest BCUT2D eigenvalue weighted by atomic mass is 10.2. The minimum atomic E-state index is 0.505. The number of pyridine rings is 1. The van der Waals surface area contributed by atoms with E-state index in [4.69, 9.17) is 10.2 Å². The van der Waals surface area contributed by atoms with Crippen molar-refractivity contribution in [1.82, 2.24) is 9.97 Å². The van der Waals surface area contributed by atoms with Crippen LogP contribution in [0.25, 0.3) is 22.6 Å². The van der Waals surface area contributed by atoms with Crippen molar-refractivity contribution in [3.63, 3.8) is 0 Å². The molecule has 0 radical (unpaired) electrons. The fourth-order valence-corrected chi connectivity index (χ4v) is 1.71. The minimum absolute atomic E-state index is 0.505. The molecule has 0 aliphatic heterocycles. The van der Waals surface area contributed by atoms with Gasteiger partial charge in [-0.2, -0.15) is 0 Å². The van der Waals surface area contributed by atoms with Gasteiger partial charge in [-0.05, 0) is 29.8 Å². The van der Waals surface area contributed by atoms with Crippen LogP contribution in [-0.2, 0) is 6.54 Å². The summed E-state index contributed by atoms with van der Waals surface area (Å²) in [5.74, 6) is 0.585. The third-order valence-electron chi connectivity index (χ3n) is 2.60. The highest BCUT2D eigenvalue weighted by Gasteiger charge is 2.08. The lowest BCUT2D eigenvalue weighted by Gasteiger charge is -1.92. The molecule has 2 N–H and O–H groups in total. The van der Waals surface area contributed by atoms with Gasteiger partial charge in [0.2, 0.25) is 5.89 Å². The smallest absolute Gasteiger partial charge is 0.228 e. The summed E-state index contributed by atoms with van der Waals surface area (Å²) in [6.45, 7) is 0.505. The maximum absolute atomic E-state index is 5.66. The van der Waals surface area contributed by atoms with Gasteiger partial charge < -0.3 is 10.2 Å². The van der Waals surface area contributed by atoms with Crippen LogP contribution in [0.3, 0.4) is 0 Å². The van der Waals surface area contributed by atoms with Gasteiger partial charge in [-0.3, -0.25) is 4.98 Å². The summed E-state index contributed by atoms with van der Waals surface area (Å²) in [5, 5.41) is 0. The van der Waals surface area contributed by atoms with Crippen LogP contribution in [0.5, 0.6) is 0 Å². The zero-order valence-corrected chi connectivity index (χ0v) is 9.13. The molecule has 84 valence electrons. The number of nitrogens with two attached hydrogens (primary N) is 1. The summed E-state index contributed by atoms with van der Waals surface area (Å²) >= 11 is 0. The molecule has 4 heteroatoms. The summed E-state index contributed by atoms with van der Waals surface area (Å²) in [7, 11) is 0. The summed E-state index contributed by atoms with van der Waals surface area (Å²) in [4.78, 5) is 8.47. The van der Waals surface area contributed by atoms with Crippen molar-refractivity contribution in [2.75, 3.05) is 0 Å². The molecule has 0 aliphatic rings. The normalized spacial score (nSPS) is 10.9. The Balaban J connectivity index is 2.14. The summed E-state index contributed by atoms with van der Waals surface area (Å²) in [5.41, 5.74) is 9.10. The van der Waals surface area contributed by atoms with Crippen LogP contribution in [0.15, 0.2) is 47.1 Å². The van der Waals surface area contributed by atoms with Crippen LogP contribution in [0.1, 0.15) is 5.56 Å². The minimum Gasteiger partial charge on any atom is -0.436 e. The maximum atomic E-state index is 5.66. The van der Waals surface area contributed by atoms with Gasteiger partial charge in [-0.15, -0.1) is 0 Å². The number of aromatic nitrogens is 2. The predicted molar refractivity (Wildman–Crippen MR) is 65.1 cm³/mol. The monoisotopic (exact) mass is 225 g/mol. The molecule has 0 unspecified atom stereocenters. The van der Waals surface area contributed by atoms with Gasteiger partial charge in [0, 0.05) is 18.9 Å². The summed E-state index contributed by atoms with van der Waals surface area (Å²) in [6, 6.07) is 9.56. The SMILES string of the molecule is NCc1ccc2oc(-c3cccnc3)nc2c1. The first kappa shape index (κ1) is 9.99. The van der Waals surface area contributed by atoms with Crippen molar-refractivity contribution in [3.8, 4) is 11.5 Å². The Morgan fingerprint density at radius 2 is 2.18 bits per heavy atom. The fraction of sp³-hybridized carbons (Fsp3) is 0.0769. The van der Waals surface area contributed by atoms with E-state index in [1.807, 2.05) is 30.3 Å². The van der Waals surface area contributed by atoms with Crippen molar-refractivity contribution in [2.24, 2.45) is 5.73 Å². The number of hydrogen-bond acceptors (Lipinski definition) is 4. The van der Waals surface area contributed by atoms with E-state index in [1.54, 1.807) is 12.4 Å². The number of oxazole rings is 1. The zero-order chi connectivity index (χ0) is 11.7. The Hall–Kier alpha value is -2.20. The van der Waals surface area contributed by atoms with Crippen molar-refractivity contribution in [1.29, 1.82) is 0 Å². The quantitative estimate of drug-likeness (QED) is 0.727. The van der Waals surface area contributed by atoms with Crippen LogP contribution < -0.4 is 5.73 Å². The lowest BCUT2D eigenvalue weighted by Crippen LogP contribution is -1.94. The molecule has 1 aromatic carbocycles. The second-order valence-electron chi connectivity index (χ2n) is 3.77. The van der Waals surface area contributed by atoms with Gasteiger partial charge in [0.05, 0.1) is 5.56 Å². The highest BCUT2D eigenvalue weighted by atomic mass is 16.3. The molecule has 2 aromatic heterocycles. The fourth-order valence-electron chi connectivity index (χ4n) is 1.71. The summed E-state index contributed by atoms with van der Waals surface area (Å²) < 4.78 is 5.66. The first-order chi connectivity index (χ1) is 8.36. The third-order valence-corrected chi connectivity index (χ3v) is 2.60. The Kier molecular flexibility index (Phi) is 2.34. The molecule has 3 aromatic rings. The first-order valence-electron chi connectivity index (χ1n) is 5.37. The van der Waals surface area contributed by atoms with E-state index in [0.717, 1.165) is 22.2 Å². The number of fused-ring (bicyclic) bond motifs is 1. The van der Waals surface area contributed by atoms with E-state index in [9.17, 15) is 0 Å². The van der Waals surface area contributed by atoms with Gasteiger partial charge in [0.1, 0.15) is 5.52 Å². The molecule has 0 saturated carbocycles. The molecule has 0 bridgehead atoms. The number of hydrogen-bond donors (Lipinski definition) is 1. The highest BCUT2D eigenvalue weighted by molar-refractivity contribution is 5.76. The number of rotatable bonds is 2. The molecular weight excluding hydrogens is 214 g/mol. The van der Waals surface area contributed by atoms with Crippen molar-refractivity contribution >= 4 is 11.1 Å². The highest BCUT2D eigenvalue weighted by Crippen LogP contribution is 2.23. The number of nitrogens with zero attached hydrogens (tertiary/aromatic N) is 2. The molecule has 0 aliphatic carbocycles. The van der Waals surface area contributed by atoms with Crippen LogP contribution in [0.4, 0.5) is 0 Å². The average molecular weight is 225 g/mol. The molecule has 0 amide bonds. The number of benzene rings is 1. The predicted octanol–water partition coefficient (Wildman–Crippen LogP) is 2.35. The Bertz CT molecular complexity index is 646. The van der Waals surface area contributed by atoms with E-state index in [0.29, 0.717) is 12.4 Å². The molecule has 17 heavy (non-hydrogen) atoms. The second kappa shape index (κ2) is 3.99. The molecule has 3 rings (SSSR count). The zero-order valence-electron chi connectivity index (χ0n) is 9.13. The van der Waals surface area contributed by atoms with E-state index >= 15 is 0 Å². The van der Waals surface area contributed by atoms with Crippen LogP contribution in [-0.4, -0.2) is 9.97 Å². The van der Waals surface area contributed by atoms with Gasteiger partial charge in [0.25, 0.3) is 0 Å². The topological polar surface area (TPSA) is 64.9 Å². The van der Waals surface area contributed by atoms with Crippen LogP contribution in [0.2, 0.25) is 0 Å². The average Bonchev–Trinajstić information content (AvgIpc) is 2.82. The molecule has 0 atom stereocenters. The van der Waals surface area contributed by atoms with E-state index in [-0.39, 0.29) is 0 Å². The van der Waals surface area contributed by atoms with Crippen molar-refractivity contribution in [3.05, 3.63) is 48.3 Å². The second-order valence-corrected chi connectivity index (χ2v) is 3.77.